The third-order valence-corrected chi connectivity index (χ3v) is 8.06. The molecule has 10 heteroatoms. The third-order valence-electron chi connectivity index (χ3n) is 7.58. The van der Waals surface area contributed by atoms with Crippen molar-refractivity contribution >= 4 is 35.3 Å². The molecule has 0 unspecified atom stereocenters. The van der Waals surface area contributed by atoms with E-state index in [9.17, 15) is 0 Å². The molecule has 35 heavy (non-hydrogen) atoms. The predicted octanol–water partition coefficient (Wildman–Crippen LogP) is 4.86. The van der Waals surface area contributed by atoms with Crippen molar-refractivity contribution in [1.82, 2.24) is 24.6 Å². The van der Waals surface area contributed by atoms with Crippen LogP contribution in [-0.4, -0.2) is 37.7 Å². The van der Waals surface area contributed by atoms with Crippen LogP contribution in [0.2, 0.25) is 5.02 Å². The highest BCUT2D eigenvalue weighted by Gasteiger charge is 2.47. The van der Waals surface area contributed by atoms with Crippen molar-refractivity contribution in [2.45, 2.75) is 39.2 Å². The number of nitrogens with two attached hydrogens (primary N) is 1. The van der Waals surface area contributed by atoms with E-state index in [4.69, 9.17) is 22.3 Å². The van der Waals surface area contributed by atoms with Crippen molar-refractivity contribution in [3.05, 3.63) is 70.3 Å². The van der Waals surface area contributed by atoms with Crippen LogP contribution in [0.4, 0.5) is 10.2 Å². The summed E-state index contributed by atoms with van der Waals surface area (Å²) in [6.45, 7) is 5.23. The zero-order chi connectivity index (χ0) is 23.6. The van der Waals surface area contributed by atoms with Gasteiger partial charge in [-0.2, -0.15) is 5.10 Å². The Morgan fingerprint density at radius 2 is 1.89 bits per heavy atom. The Hall–Kier alpha value is -2.81. The molecule has 182 valence electrons. The molecular formula is C25H26Cl2FN7. The van der Waals surface area contributed by atoms with Gasteiger partial charge in [-0.3, -0.25) is 9.97 Å². The van der Waals surface area contributed by atoms with Crippen LogP contribution in [-0.2, 0) is 6.42 Å². The van der Waals surface area contributed by atoms with Crippen LogP contribution in [0.1, 0.15) is 41.5 Å². The Bertz CT molecular complexity index is 1430. The van der Waals surface area contributed by atoms with Crippen LogP contribution in [0.5, 0.6) is 0 Å². The van der Waals surface area contributed by atoms with Crippen LogP contribution >= 0.6 is 24.0 Å². The molecule has 0 saturated carbocycles. The number of halogens is 3. The molecule has 1 saturated heterocycles. The Labute approximate surface area is 214 Å². The number of fused-ring (bicyclic) bond motifs is 2. The second kappa shape index (κ2) is 8.69. The maximum Gasteiger partial charge on any atom is 0.172 e. The number of piperidine rings is 1. The first-order valence-corrected chi connectivity index (χ1v) is 11.9. The lowest BCUT2D eigenvalue weighted by Crippen LogP contribution is -2.44. The minimum absolute atomic E-state index is 0. The van der Waals surface area contributed by atoms with Gasteiger partial charge in [0.25, 0.3) is 0 Å². The molecule has 1 atom stereocenters. The van der Waals surface area contributed by atoms with Crippen molar-refractivity contribution in [3.63, 3.8) is 0 Å². The highest BCUT2D eigenvalue weighted by molar-refractivity contribution is 6.33. The van der Waals surface area contributed by atoms with Gasteiger partial charge in [0.05, 0.1) is 28.3 Å². The monoisotopic (exact) mass is 513 g/mol. The van der Waals surface area contributed by atoms with E-state index in [1.54, 1.807) is 10.7 Å². The van der Waals surface area contributed by atoms with E-state index in [-0.39, 0.29) is 23.9 Å². The fraction of sp³-hybridized carbons (Fsp3) is 0.360. The second-order valence-corrected chi connectivity index (χ2v) is 9.80. The fourth-order valence-electron chi connectivity index (χ4n) is 5.68. The van der Waals surface area contributed by atoms with E-state index in [0.717, 1.165) is 54.9 Å². The number of hydrogen-bond acceptors (Lipinski definition) is 6. The van der Waals surface area contributed by atoms with Gasteiger partial charge in [0.1, 0.15) is 5.52 Å². The molecule has 4 aromatic heterocycles. The Morgan fingerprint density at radius 1 is 1.11 bits per heavy atom. The molecule has 0 amide bonds. The lowest BCUT2D eigenvalue weighted by Gasteiger charge is -2.42. The molecule has 2 N–H and O–H groups in total. The van der Waals surface area contributed by atoms with E-state index < -0.39 is 5.82 Å². The topological polar surface area (TPSA) is 85.2 Å². The summed E-state index contributed by atoms with van der Waals surface area (Å²) in [5, 5.41) is 4.87. The largest absolute Gasteiger partial charge is 0.355 e. The van der Waals surface area contributed by atoms with Crippen LogP contribution < -0.4 is 10.6 Å². The van der Waals surface area contributed by atoms with Gasteiger partial charge in [-0.05, 0) is 56.2 Å². The van der Waals surface area contributed by atoms with Gasteiger partial charge in [0.2, 0.25) is 0 Å². The van der Waals surface area contributed by atoms with Crippen LogP contribution in [0.15, 0.2) is 36.8 Å². The van der Waals surface area contributed by atoms with Crippen molar-refractivity contribution in [2.75, 3.05) is 18.0 Å². The van der Waals surface area contributed by atoms with E-state index in [1.807, 2.05) is 32.2 Å². The van der Waals surface area contributed by atoms with E-state index >= 15 is 4.39 Å². The molecule has 1 aliphatic carbocycles. The van der Waals surface area contributed by atoms with Gasteiger partial charge in [0.15, 0.2) is 11.6 Å². The summed E-state index contributed by atoms with van der Waals surface area (Å²) in [4.78, 5) is 15.8. The summed E-state index contributed by atoms with van der Waals surface area (Å²) in [5.74, 6) is 0.204. The number of anilines is 1. The molecular weight excluding hydrogens is 488 g/mol. The van der Waals surface area contributed by atoms with Gasteiger partial charge in [0, 0.05) is 42.8 Å². The Balaban J connectivity index is 0.00000253. The molecule has 1 fully saturated rings. The highest BCUT2D eigenvalue weighted by Crippen LogP contribution is 2.50. The van der Waals surface area contributed by atoms with Gasteiger partial charge in [-0.1, -0.05) is 17.7 Å². The van der Waals surface area contributed by atoms with Crippen LogP contribution in [0.3, 0.4) is 0 Å². The average Bonchev–Trinajstić information content (AvgIpc) is 3.34. The zero-order valence-corrected chi connectivity index (χ0v) is 21.1. The van der Waals surface area contributed by atoms with Crippen molar-refractivity contribution in [2.24, 2.45) is 11.1 Å². The third kappa shape index (κ3) is 3.58. The van der Waals surface area contributed by atoms with Crippen LogP contribution in [0.25, 0.3) is 16.8 Å². The Morgan fingerprint density at radius 3 is 2.63 bits per heavy atom. The van der Waals surface area contributed by atoms with Gasteiger partial charge in [-0.25, -0.2) is 13.9 Å². The minimum atomic E-state index is -0.403. The number of aryl methyl sites for hydroxylation is 2. The standard InChI is InChI=1S/C25H25ClFN7.ClH/c1-14-20(26)17(5-9-29-14)21-15(2)32-24(22-18(27)13-31-34(21)22)33-10-6-25(7-11-33)12-19-16(23(25)28)4-3-8-30-19;/h3-5,8-9,13,23H,6-7,10-12,28H2,1-2H3;1H/t23-;/m1./s1. The first kappa shape index (κ1) is 23.9. The van der Waals surface area contributed by atoms with Crippen molar-refractivity contribution < 1.29 is 4.39 Å². The number of nitrogens with zero attached hydrogens (tertiary/aromatic N) is 6. The summed E-state index contributed by atoms with van der Waals surface area (Å²) < 4.78 is 16.7. The number of hydrogen-bond donors (Lipinski definition) is 1. The summed E-state index contributed by atoms with van der Waals surface area (Å²) in [5.41, 5.74) is 12.2. The number of pyridine rings is 2. The zero-order valence-electron chi connectivity index (χ0n) is 19.5. The van der Waals surface area contributed by atoms with E-state index in [1.165, 1.54) is 6.20 Å². The summed E-state index contributed by atoms with van der Waals surface area (Å²) in [7, 11) is 0. The molecule has 7 nitrogen and oxygen atoms in total. The Kier molecular flexibility index (Phi) is 5.94. The van der Waals surface area contributed by atoms with Gasteiger partial charge < -0.3 is 10.6 Å². The smallest absolute Gasteiger partial charge is 0.172 e. The second-order valence-electron chi connectivity index (χ2n) is 9.42. The predicted molar refractivity (Wildman–Crippen MR) is 137 cm³/mol. The molecule has 5 heterocycles. The SMILES string of the molecule is Cc1nccc(-c2c(C)nc(N3CCC4(CC3)Cc3ncccc3[C@H]4N)c3c(F)cnn23)c1Cl.Cl. The van der Waals surface area contributed by atoms with Crippen molar-refractivity contribution in [3.8, 4) is 11.3 Å². The molecule has 0 aromatic carbocycles. The highest BCUT2D eigenvalue weighted by atomic mass is 35.5. The molecule has 6 rings (SSSR count). The minimum Gasteiger partial charge on any atom is -0.355 e. The molecule has 4 aromatic rings. The van der Waals surface area contributed by atoms with Crippen molar-refractivity contribution in [1.29, 1.82) is 0 Å². The molecule has 2 aliphatic rings. The molecule has 0 radical (unpaired) electrons. The maximum absolute atomic E-state index is 15.1. The summed E-state index contributed by atoms with van der Waals surface area (Å²) in [6, 6.07) is 5.83. The van der Waals surface area contributed by atoms with E-state index in [2.05, 4.69) is 26.0 Å². The van der Waals surface area contributed by atoms with Gasteiger partial charge >= 0.3 is 0 Å². The summed E-state index contributed by atoms with van der Waals surface area (Å²) in [6.07, 6.45) is 7.45. The average molecular weight is 514 g/mol. The number of aromatic nitrogens is 5. The fourth-order valence-corrected chi connectivity index (χ4v) is 5.89. The normalized spacial score (nSPS) is 18.7. The molecule has 1 aliphatic heterocycles. The van der Waals surface area contributed by atoms with E-state index in [0.29, 0.717) is 27.7 Å². The van der Waals surface area contributed by atoms with Crippen LogP contribution in [0, 0.1) is 25.1 Å². The first-order chi connectivity index (χ1) is 16.4. The lowest BCUT2D eigenvalue weighted by atomic mass is 9.73. The molecule has 1 spiro atoms. The van der Waals surface area contributed by atoms with Gasteiger partial charge in [-0.15, -0.1) is 12.4 Å². The molecule has 0 bridgehead atoms. The lowest BCUT2D eigenvalue weighted by molar-refractivity contribution is 0.186. The quantitative estimate of drug-likeness (QED) is 0.411. The summed E-state index contributed by atoms with van der Waals surface area (Å²) >= 11 is 6.56. The first-order valence-electron chi connectivity index (χ1n) is 11.5. The maximum atomic E-state index is 15.1. The number of rotatable bonds is 2.